The first kappa shape index (κ1) is 26.1. The molecule has 4 heterocycles. The SMILES string of the molecule is c1ccc(-c2nc(-c3cccc4c3oc3ccccc34)nc(-c3cccc4sc5c(-c6nc7ccccc7o6)cccc5c34)n2)cc1. The number of benzene rings is 6. The van der Waals surface area contributed by atoms with Gasteiger partial charge in [-0.05, 0) is 36.4 Å². The lowest BCUT2D eigenvalue weighted by Gasteiger charge is -2.10. The fourth-order valence-electron chi connectivity index (χ4n) is 6.45. The van der Waals surface area contributed by atoms with Crippen molar-refractivity contribution in [2.45, 2.75) is 0 Å². The molecule has 10 rings (SSSR count). The maximum Gasteiger partial charge on any atom is 0.228 e. The first-order chi connectivity index (χ1) is 23.3. The van der Waals surface area contributed by atoms with Crippen molar-refractivity contribution < 1.29 is 8.83 Å². The van der Waals surface area contributed by atoms with Crippen molar-refractivity contribution in [3.05, 3.63) is 133 Å². The molecular formula is C40H22N4O2S. The second-order valence-corrected chi connectivity index (χ2v) is 12.5. The summed E-state index contributed by atoms with van der Waals surface area (Å²) in [6, 6.07) is 44.7. The van der Waals surface area contributed by atoms with Gasteiger partial charge in [-0.25, -0.2) is 19.9 Å². The smallest absolute Gasteiger partial charge is 0.228 e. The summed E-state index contributed by atoms with van der Waals surface area (Å²) in [6.45, 7) is 0. The molecule has 0 unspecified atom stereocenters. The molecule has 0 fully saturated rings. The number of rotatable bonds is 4. The second-order valence-electron chi connectivity index (χ2n) is 11.4. The number of hydrogen-bond acceptors (Lipinski definition) is 7. The first-order valence-electron chi connectivity index (χ1n) is 15.3. The molecule has 0 aliphatic rings. The van der Waals surface area contributed by atoms with E-state index in [2.05, 4.69) is 48.5 Å². The minimum Gasteiger partial charge on any atom is -0.455 e. The van der Waals surface area contributed by atoms with E-state index in [0.717, 1.165) is 75.5 Å². The molecule has 0 radical (unpaired) electrons. The minimum atomic E-state index is 0.558. The van der Waals surface area contributed by atoms with Gasteiger partial charge < -0.3 is 8.83 Å². The van der Waals surface area contributed by atoms with E-state index in [9.17, 15) is 0 Å². The van der Waals surface area contributed by atoms with Crippen LogP contribution >= 0.6 is 11.3 Å². The van der Waals surface area contributed by atoms with Gasteiger partial charge in [0.15, 0.2) is 23.1 Å². The number of fused-ring (bicyclic) bond motifs is 7. The normalized spacial score (nSPS) is 11.8. The van der Waals surface area contributed by atoms with Crippen LogP contribution in [0, 0.1) is 0 Å². The van der Waals surface area contributed by atoms with Crippen molar-refractivity contribution in [3.8, 4) is 45.6 Å². The van der Waals surface area contributed by atoms with Crippen LogP contribution in [0.25, 0.3) is 98.8 Å². The lowest BCUT2D eigenvalue weighted by molar-refractivity contribution is 0.621. The number of para-hydroxylation sites is 4. The molecular weight excluding hydrogens is 601 g/mol. The molecule has 6 aromatic carbocycles. The van der Waals surface area contributed by atoms with Crippen molar-refractivity contribution in [3.63, 3.8) is 0 Å². The number of hydrogen-bond donors (Lipinski definition) is 0. The molecule has 0 aliphatic carbocycles. The largest absolute Gasteiger partial charge is 0.455 e. The van der Waals surface area contributed by atoms with Crippen LogP contribution in [-0.2, 0) is 0 Å². The molecule has 0 N–H and O–H groups in total. The Kier molecular flexibility index (Phi) is 5.64. The number of nitrogens with zero attached hydrogens (tertiary/aromatic N) is 4. The zero-order valence-electron chi connectivity index (χ0n) is 24.7. The Morgan fingerprint density at radius 1 is 0.447 bits per heavy atom. The van der Waals surface area contributed by atoms with Crippen molar-refractivity contribution in [1.29, 1.82) is 0 Å². The van der Waals surface area contributed by atoms with E-state index in [1.54, 1.807) is 11.3 Å². The molecule has 6 nitrogen and oxygen atoms in total. The van der Waals surface area contributed by atoms with Gasteiger partial charge in [-0.2, -0.15) is 0 Å². The Bertz CT molecular complexity index is 2780. The van der Waals surface area contributed by atoms with E-state index in [1.807, 2.05) is 84.9 Å². The van der Waals surface area contributed by atoms with Crippen LogP contribution in [0.4, 0.5) is 0 Å². The average Bonchev–Trinajstić information content (AvgIpc) is 3.85. The highest BCUT2D eigenvalue weighted by molar-refractivity contribution is 7.26. The zero-order chi connectivity index (χ0) is 30.9. The van der Waals surface area contributed by atoms with Gasteiger partial charge in [-0.1, -0.05) is 97.1 Å². The standard InChI is InChI=1S/C40H22N4O2S/c1-2-11-23(12-3-1)37-42-38(44-39(43-37)28-17-8-14-25-24-13-4-6-20-31(24)45-35(25)28)27-16-10-22-33-34(27)26-15-9-18-29(36(26)47-33)40-41-30-19-5-7-21-32(30)46-40/h1-22H. The van der Waals surface area contributed by atoms with E-state index in [-0.39, 0.29) is 0 Å². The summed E-state index contributed by atoms with van der Waals surface area (Å²) < 4.78 is 14.9. The van der Waals surface area contributed by atoms with Gasteiger partial charge in [-0.15, -0.1) is 11.3 Å². The van der Waals surface area contributed by atoms with Gasteiger partial charge in [-0.3, -0.25) is 0 Å². The van der Waals surface area contributed by atoms with Crippen LogP contribution < -0.4 is 0 Å². The van der Waals surface area contributed by atoms with E-state index in [1.165, 1.54) is 0 Å². The van der Waals surface area contributed by atoms with Crippen LogP contribution in [0.1, 0.15) is 0 Å². The Hall–Kier alpha value is -6.18. The third kappa shape index (κ3) is 4.10. The summed E-state index contributed by atoms with van der Waals surface area (Å²) in [5, 5.41) is 4.27. The Morgan fingerprint density at radius 3 is 1.98 bits per heavy atom. The number of oxazole rings is 1. The predicted octanol–water partition coefficient (Wildman–Crippen LogP) is 10.9. The van der Waals surface area contributed by atoms with Gasteiger partial charge >= 0.3 is 0 Å². The molecule has 47 heavy (non-hydrogen) atoms. The summed E-state index contributed by atoms with van der Waals surface area (Å²) in [7, 11) is 0. The van der Waals surface area contributed by atoms with Crippen molar-refractivity contribution in [1.82, 2.24) is 19.9 Å². The second kappa shape index (κ2) is 10.2. The van der Waals surface area contributed by atoms with Crippen LogP contribution in [-0.4, -0.2) is 19.9 Å². The van der Waals surface area contributed by atoms with E-state index in [4.69, 9.17) is 28.8 Å². The van der Waals surface area contributed by atoms with Gasteiger partial charge in [0.05, 0.1) is 11.1 Å². The topological polar surface area (TPSA) is 77.8 Å². The molecule has 0 aliphatic heterocycles. The lowest BCUT2D eigenvalue weighted by Crippen LogP contribution is -2.00. The number of thiophene rings is 1. The predicted molar refractivity (Wildman–Crippen MR) is 189 cm³/mol. The van der Waals surface area contributed by atoms with Crippen LogP contribution in [0.5, 0.6) is 0 Å². The van der Waals surface area contributed by atoms with Crippen LogP contribution in [0.3, 0.4) is 0 Å². The van der Waals surface area contributed by atoms with E-state index >= 15 is 0 Å². The molecule has 220 valence electrons. The minimum absolute atomic E-state index is 0.558. The first-order valence-corrected chi connectivity index (χ1v) is 16.1. The van der Waals surface area contributed by atoms with Crippen molar-refractivity contribution in [2.24, 2.45) is 0 Å². The quantitative estimate of drug-likeness (QED) is 0.194. The molecule has 0 saturated carbocycles. The molecule has 0 atom stereocenters. The number of aromatic nitrogens is 4. The zero-order valence-corrected chi connectivity index (χ0v) is 25.5. The van der Waals surface area contributed by atoms with Crippen molar-refractivity contribution >= 4 is 64.5 Å². The van der Waals surface area contributed by atoms with Gasteiger partial charge in [0, 0.05) is 42.1 Å². The van der Waals surface area contributed by atoms with Gasteiger partial charge in [0.25, 0.3) is 0 Å². The molecule has 0 spiro atoms. The summed E-state index contributed by atoms with van der Waals surface area (Å²) in [4.78, 5) is 20.1. The van der Waals surface area contributed by atoms with Gasteiger partial charge in [0.2, 0.25) is 5.89 Å². The summed E-state index contributed by atoms with van der Waals surface area (Å²) >= 11 is 1.72. The average molecular weight is 623 g/mol. The maximum atomic E-state index is 6.41. The fraction of sp³-hybridized carbons (Fsp3) is 0. The Morgan fingerprint density at radius 2 is 1.11 bits per heavy atom. The highest BCUT2D eigenvalue weighted by Crippen LogP contribution is 2.44. The third-order valence-electron chi connectivity index (χ3n) is 8.60. The summed E-state index contributed by atoms with van der Waals surface area (Å²) in [6.07, 6.45) is 0. The Labute approximate surface area is 271 Å². The van der Waals surface area contributed by atoms with E-state index < -0.39 is 0 Å². The van der Waals surface area contributed by atoms with E-state index in [0.29, 0.717) is 23.4 Å². The summed E-state index contributed by atoms with van der Waals surface area (Å²) in [5.41, 5.74) is 6.82. The molecule has 0 bridgehead atoms. The molecule has 0 saturated heterocycles. The monoisotopic (exact) mass is 622 g/mol. The Balaban J connectivity index is 1.23. The fourth-order valence-corrected chi connectivity index (χ4v) is 7.68. The highest BCUT2D eigenvalue weighted by Gasteiger charge is 2.21. The van der Waals surface area contributed by atoms with Gasteiger partial charge in [0.1, 0.15) is 16.7 Å². The van der Waals surface area contributed by atoms with Crippen LogP contribution in [0.2, 0.25) is 0 Å². The molecule has 0 amide bonds. The molecule has 7 heteroatoms. The van der Waals surface area contributed by atoms with Crippen molar-refractivity contribution in [2.75, 3.05) is 0 Å². The highest BCUT2D eigenvalue weighted by atomic mass is 32.1. The number of furan rings is 1. The maximum absolute atomic E-state index is 6.41. The van der Waals surface area contributed by atoms with Crippen LogP contribution in [0.15, 0.2) is 142 Å². The molecule has 10 aromatic rings. The molecule has 4 aromatic heterocycles. The lowest BCUT2D eigenvalue weighted by atomic mass is 10.0. The third-order valence-corrected chi connectivity index (χ3v) is 9.80. The summed E-state index contributed by atoms with van der Waals surface area (Å²) in [5.74, 6) is 2.36.